The normalized spacial score (nSPS) is 12.3. The number of benzene rings is 1. The molecule has 2 rings (SSSR count). The Labute approximate surface area is 119 Å². The summed E-state index contributed by atoms with van der Waals surface area (Å²) in [5.74, 6) is -0.603. The summed E-state index contributed by atoms with van der Waals surface area (Å²) in [6, 6.07) is 3.59. The van der Waals surface area contributed by atoms with Gasteiger partial charge in [-0.05, 0) is 25.5 Å². The molecule has 0 aliphatic rings. The molecule has 0 amide bonds. The Morgan fingerprint density at radius 1 is 1.50 bits per heavy atom. The van der Waals surface area contributed by atoms with E-state index in [9.17, 15) is 14.5 Å². The van der Waals surface area contributed by atoms with Crippen molar-refractivity contribution in [2.45, 2.75) is 26.4 Å². The van der Waals surface area contributed by atoms with Crippen LogP contribution in [0.1, 0.15) is 28.4 Å². The number of non-ortho nitro benzene ring substituents is 1. The predicted octanol–water partition coefficient (Wildman–Crippen LogP) is 3.35. The third kappa shape index (κ3) is 3.58. The van der Waals surface area contributed by atoms with Crippen LogP contribution in [-0.4, -0.2) is 9.91 Å². The fourth-order valence-corrected chi connectivity index (χ4v) is 2.57. The van der Waals surface area contributed by atoms with Gasteiger partial charge in [-0.3, -0.25) is 10.1 Å². The van der Waals surface area contributed by atoms with Crippen LogP contribution in [0.2, 0.25) is 0 Å². The van der Waals surface area contributed by atoms with Crippen LogP contribution in [0.3, 0.4) is 0 Å². The van der Waals surface area contributed by atoms with Crippen LogP contribution >= 0.6 is 11.3 Å². The van der Waals surface area contributed by atoms with Gasteiger partial charge in [0.05, 0.1) is 17.0 Å². The molecule has 0 fully saturated rings. The summed E-state index contributed by atoms with van der Waals surface area (Å²) in [5.41, 5.74) is 0.302. The molecule has 2 aromatic rings. The quantitative estimate of drug-likeness (QED) is 0.678. The van der Waals surface area contributed by atoms with Crippen molar-refractivity contribution >= 4 is 17.0 Å². The second-order valence-corrected chi connectivity index (χ2v) is 5.75. The number of halogens is 1. The minimum atomic E-state index is -0.603. The van der Waals surface area contributed by atoms with Crippen molar-refractivity contribution < 1.29 is 9.31 Å². The van der Waals surface area contributed by atoms with Crippen molar-refractivity contribution in [1.82, 2.24) is 10.3 Å². The molecular formula is C13H14FN3O2S. The molecule has 0 saturated carbocycles. The molecule has 106 valence electrons. The highest BCUT2D eigenvalue weighted by atomic mass is 32.1. The largest absolute Gasteiger partial charge is 0.304 e. The monoisotopic (exact) mass is 295 g/mol. The lowest BCUT2D eigenvalue weighted by atomic mass is 10.2. The molecule has 0 radical (unpaired) electrons. The maximum atomic E-state index is 13.3. The van der Waals surface area contributed by atoms with Crippen molar-refractivity contribution in [2.24, 2.45) is 0 Å². The van der Waals surface area contributed by atoms with Gasteiger partial charge < -0.3 is 5.32 Å². The van der Waals surface area contributed by atoms with Crippen molar-refractivity contribution in [3.63, 3.8) is 0 Å². The number of nitrogens with one attached hydrogen (secondary N) is 1. The highest BCUT2D eigenvalue weighted by Gasteiger charge is 2.12. The Bertz CT molecular complexity index is 630. The maximum absolute atomic E-state index is 13.3. The molecule has 0 aliphatic carbocycles. The molecule has 1 unspecified atom stereocenters. The van der Waals surface area contributed by atoms with Crippen molar-refractivity contribution in [3.8, 4) is 0 Å². The van der Waals surface area contributed by atoms with Gasteiger partial charge >= 0.3 is 0 Å². The van der Waals surface area contributed by atoms with Crippen molar-refractivity contribution in [3.05, 3.63) is 55.8 Å². The average molecular weight is 295 g/mol. The molecule has 20 heavy (non-hydrogen) atoms. The van der Waals surface area contributed by atoms with Crippen LogP contribution < -0.4 is 5.32 Å². The predicted molar refractivity (Wildman–Crippen MR) is 75.2 cm³/mol. The van der Waals surface area contributed by atoms with Crippen LogP contribution in [0.25, 0.3) is 0 Å². The van der Waals surface area contributed by atoms with E-state index in [1.54, 1.807) is 17.5 Å². The summed E-state index contributed by atoms with van der Waals surface area (Å²) >= 11 is 1.59. The summed E-state index contributed by atoms with van der Waals surface area (Å²) in [6.07, 6.45) is 1.80. The van der Waals surface area contributed by atoms with E-state index in [-0.39, 0.29) is 11.7 Å². The highest BCUT2D eigenvalue weighted by Crippen LogP contribution is 2.20. The van der Waals surface area contributed by atoms with E-state index in [0.717, 1.165) is 16.0 Å². The first-order valence-corrected chi connectivity index (χ1v) is 6.87. The molecule has 7 heteroatoms. The minimum Gasteiger partial charge on any atom is -0.304 e. The van der Waals surface area contributed by atoms with E-state index < -0.39 is 10.7 Å². The van der Waals surface area contributed by atoms with Gasteiger partial charge in [0.25, 0.3) is 5.69 Å². The number of thiazole rings is 1. The molecule has 1 aromatic heterocycles. The zero-order valence-electron chi connectivity index (χ0n) is 11.1. The van der Waals surface area contributed by atoms with Crippen molar-refractivity contribution in [2.75, 3.05) is 0 Å². The topological polar surface area (TPSA) is 68.1 Å². The summed E-state index contributed by atoms with van der Waals surface area (Å²) in [5, 5.41) is 14.8. The SMILES string of the molecule is Cc1cnc(C(C)NCc2cc(F)cc([N+](=O)[O-])c2)s1. The Morgan fingerprint density at radius 2 is 2.25 bits per heavy atom. The molecule has 1 heterocycles. The smallest absolute Gasteiger partial charge is 0.272 e. The molecular weight excluding hydrogens is 281 g/mol. The van der Waals surface area contributed by atoms with E-state index in [4.69, 9.17) is 0 Å². The van der Waals surface area contributed by atoms with E-state index in [1.807, 2.05) is 13.8 Å². The number of aryl methyl sites for hydroxylation is 1. The van der Waals surface area contributed by atoms with Gasteiger partial charge in [0, 0.05) is 23.7 Å². The fraction of sp³-hybridized carbons (Fsp3) is 0.308. The molecule has 1 N–H and O–H groups in total. The first-order valence-electron chi connectivity index (χ1n) is 6.05. The summed E-state index contributed by atoms with van der Waals surface area (Å²) < 4.78 is 13.3. The van der Waals surface area contributed by atoms with Gasteiger partial charge in [0.15, 0.2) is 0 Å². The number of hydrogen-bond donors (Lipinski definition) is 1. The average Bonchev–Trinajstić information content (AvgIpc) is 2.82. The highest BCUT2D eigenvalue weighted by molar-refractivity contribution is 7.11. The van der Waals surface area contributed by atoms with Gasteiger partial charge in [-0.15, -0.1) is 11.3 Å². The van der Waals surface area contributed by atoms with Gasteiger partial charge in [-0.1, -0.05) is 0 Å². The lowest BCUT2D eigenvalue weighted by molar-refractivity contribution is -0.385. The number of nitro groups is 1. The van der Waals surface area contributed by atoms with Crippen LogP contribution in [0.15, 0.2) is 24.4 Å². The van der Waals surface area contributed by atoms with Crippen LogP contribution in [0.4, 0.5) is 10.1 Å². The van der Waals surface area contributed by atoms with Crippen molar-refractivity contribution in [1.29, 1.82) is 0 Å². The Morgan fingerprint density at radius 3 is 2.85 bits per heavy atom. The molecule has 0 saturated heterocycles. The van der Waals surface area contributed by atoms with Gasteiger partial charge in [0.1, 0.15) is 10.8 Å². The second-order valence-electron chi connectivity index (χ2n) is 4.49. The number of nitrogens with zero attached hydrogens (tertiary/aromatic N) is 2. The molecule has 0 spiro atoms. The summed E-state index contributed by atoms with van der Waals surface area (Å²) in [7, 11) is 0. The standard InChI is InChI=1S/C13H14FN3O2S/c1-8-6-16-13(20-8)9(2)15-7-10-3-11(14)5-12(4-10)17(18)19/h3-6,9,15H,7H2,1-2H3. The number of rotatable bonds is 5. The summed E-state index contributed by atoms with van der Waals surface area (Å²) in [6.45, 7) is 4.27. The third-order valence-electron chi connectivity index (χ3n) is 2.78. The first kappa shape index (κ1) is 14.5. The second kappa shape index (κ2) is 6.06. The molecule has 5 nitrogen and oxygen atoms in total. The number of aromatic nitrogens is 1. The number of nitro benzene ring substituents is 1. The van der Waals surface area contributed by atoms with Crippen LogP contribution in [0, 0.1) is 22.9 Å². The zero-order chi connectivity index (χ0) is 14.7. The molecule has 1 atom stereocenters. The fourth-order valence-electron chi connectivity index (χ4n) is 1.77. The maximum Gasteiger partial charge on any atom is 0.272 e. The Hall–Kier alpha value is -1.86. The van der Waals surface area contributed by atoms with Gasteiger partial charge in [-0.25, -0.2) is 9.37 Å². The van der Waals surface area contributed by atoms with Crippen LogP contribution in [0.5, 0.6) is 0 Å². The van der Waals surface area contributed by atoms with Gasteiger partial charge in [0.2, 0.25) is 0 Å². The Balaban J connectivity index is 2.05. The molecule has 0 bridgehead atoms. The number of hydrogen-bond acceptors (Lipinski definition) is 5. The lowest BCUT2D eigenvalue weighted by Gasteiger charge is -2.11. The van der Waals surface area contributed by atoms with Crippen LogP contribution in [-0.2, 0) is 6.54 Å². The first-order chi connectivity index (χ1) is 9.45. The molecule has 1 aromatic carbocycles. The van der Waals surface area contributed by atoms with E-state index in [1.165, 1.54) is 12.1 Å². The minimum absolute atomic E-state index is 0.0102. The van der Waals surface area contributed by atoms with E-state index >= 15 is 0 Å². The van der Waals surface area contributed by atoms with Gasteiger partial charge in [-0.2, -0.15) is 0 Å². The van der Waals surface area contributed by atoms with E-state index in [2.05, 4.69) is 10.3 Å². The lowest BCUT2D eigenvalue weighted by Crippen LogP contribution is -2.18. The Kier molecular flexibility index (Phi) is 4.41. The molecule has 0 aliphatic heterocycles. The zero-order valence-corrected chi connectivity index (χ0v) is 11.9. The summed E-state index contributed by atoms with van der Waals surface area (Å²) in [4.78, 5) is 15.5. The van der Waals surface area contributed by atoms with E-state index in [0.29, 0.717) is 12.1 Å². The third-order valence-corrected chi connectivity index (χ3v) is 3.87.